The molecule has 0 unspecified atom stereocenters. The van der Waals surface area contributed by atoms with E-state index in [9.17, 15) is 12.8 Å². The molecule has 14 heavy (non-hydrogen) atoms. The maximum atomic E-state index is 13.3. The molecule has 0 spiro atoms. The second-order valence-electron chi connectivity index (χ2n) is 2.96. The zero-order valence-electron chi connectivity index (χ0n) is 7.95. The molecular formula is C9H11FO2S2. The van der Waals surface area contributed by atoms with Gasteiger partial charge in [0.2, 0.25) is 0 Å². The van der Waals surface area contributed by atoms with Crippen LogP contribution in [0.5, 0.6) is 0 Å². The Kier molecular flexibility index (Phi) is 3.55. The second-order valence-corrected chi connectivity index (χ2v) is 5.84. The van der Waals surface area contributed by atoms with E-state index in [4.69, 9.17) is 0 Å². The van der Waals surface area contributed by atoms with Crippen LogP contribution in [0.15, 0.2) is 23.1 Å². The van der Waals surface area contributed by atoms with Crippen LogP contribution >= 0.6 is 11.8 Å². The van der Waals surface area contributed by atoms with Crippen molar-refractivity contribution in [3.8, 4) is 0 Å². The summed E-state index contributed by atoms with van der Waals surface area (Å²) < 4.78 is 35.5. The molecule has 0 aliphatic heterocycles. The van der Waals surface area contributed by atoms with E-state index in [-0.39, 0.29) is 4.90 Å². The first-order valence-electron chi connectivity index (χ1n) is 3.92. The lowest BCUT2D eigenvalue weighted by atomic mass is 10.2. The quantitative estimate of drug-likeness (QED) is 0.803. The molecule has 0 aliphatic carbocycles. The molecule has 0 amide bonds. The number of hydrogen-bond donors (Lipinski definition) is 0. The molecule has 0 aliphatic rings. The SMILES string of the molecule is CSCc1ccc(S(C)(=O)=O)cc1F. The van der Waals surface area contributed by atoms with Crippen molar-refractivity contribution < 1.29 is 12.8 Å². The number of halogens is 1. The normalized spacial score (nSPS) is 11.6. The fraction of sp³-hybridized carbons (Fsp3) is 0.333. The highest BCUT2D eigenvalue weighted by atomic mass is 32.2. The van der Waals surface area contributed by atoms with Gasteiger partial charge in [0, 0.05) is 12.0 Å². The third-order valence-electron chi connectivity index (χ3n) is 1.75. The topological polar surface area (TPSA) is 34.1 Å². The second kappa shape index (κ2) is 4.31. The third kappa shape index (κ3) is 2.72. The summed E-state index contributed by atoms with van der Waals surface area (Å²) in [6.07, 6.45) is 2.93. The Balaban J connectivity index is 3.13. The number of rotatable bonds is 3. The molecule has 1 aromatic carbocycles. The van der Waals surface area contributed by atoms with Gasteiger partial charge in [0.15, 0.2) is 9.84 Å². The highest BCUT2D eigenvalue weighted by Gasteiger charge is 2.10. The number of hydrogen-bond acceptors (Lipinski definition) is 3. The zero-order valence-corrected chi connectivity index (χ0v) is 9.58. The first kappa shape index (κ1) is 11.5. The van der Waals surface area contributed by atoms with Gasteiger partial charge in [0.25, 0.3) is 0 Å². The Labute approximate surface area is 87.4 Å². The Morgan fingerprint density at radius 2 is 2.07 bits per heavy atom. The van der Waals surface area contributed by atoms with Crippen LogP contribution in [0.2, 0.25) is 0 Å². The lowest BCUT2D eigenvalue weighted by molar-refractivity contribution is 0.593. The average molecular weight is 234 g/mol. The molecule has 0 heterocycles. The Morgan fingerprint density at radius 3 is 2.50 bits per heavy atom. The van der Waals surface area contributed by atoms with Crippen molar-refractivity contribution >= 4 is 21.6 Å². The van der Waals surface area contributed by atoms with E-state index in [2.05, 4.69) is 0 Å². The number of sulfone groups is 1. The van der Waals surface area contributed by atoms with Gasteiger partial charge in [-0.25, -0.2) is 12.8 Å². The van der Waals surface area contributed by atoms with Crippen LogP contribution < -0.4 is 0 Å². The number of thioether (sulfide) groups is 1. The Hall–Kier alpha value is -0.550. The van der Waals surface area contributed by atoms with Crippen LogP contribution in [-0.4, -0.2) is 20.9 Å². The van der Waals surface area contributed by atoms with Gasteiger partial charge in [0.1, 0.15) is 5.82 Å². The van der Waals surface area contributed by atoms with Gasteiger partial charge >= 0.3 is 0 Å². The van der Waals surface area contributed by atoms with Crippen LogP contribution in [-0.2, 0) is 15.6 Å². The van der Waals surface area contributed by atoms with Crippen molar-refractivity contribution in [3.63, 3.8) is 0 Å². The highest BCUT2D eigenvalue weighted by molar-refractivity contribution is 7.97. The van der Waals surface area contributed by atoms with Crippen LogP contribution in [0.3, 0.4) is 0 Å². The predicted molar refractivity (Wildman–Crippen MR) is 56.7 cm³/mol. The lowest BCUT2D eigenvalue weighted by Gasteiger charge is -2.03. The summed E-state index contributed by atoms with van der Waals surface area (Å²) in [6.45, 7) is 0. The maximum absolute atomic E-state index is 13.3. The summed E-state index contributed by atoms with van der Waals surface area (Å²) in [5, 5.41) is 0. The molecule has 0 atom stereocenters. The third-order valence-corrected chi connectivity index (χ3v) is 3.46. The van der Waals surface area contributed by atoms with Gasteiger partial charge in [-0.05, 0) is 24.0 Å². The summed E-state index contributed by atoms with van der Waals surface area (Å²) in [5.41, 5.74) is 0.532. The van der Waals surface area contributed by atoms with Crippen molar-refractivity contribution in [1.82, 2.24) is 0 Å². The van der Waals surface area contributed by atoms with E-state index in [0.29, 0.717) is 11.3 Å². The monoisotopic (exact) mass is 234 g/mol. The zero-order chi connectivity index (χ0) is 10.8. The van der Waals surface area contributed by atoms with E-state index in [1.54, 1.807) is 0 Å². The molecule has 0 radical (unpaired) electrons. The Bertz CT molecular complexity index is 426. The highest BCUT2D eigenvalue weighted by Crippen LogP contribution is 2.18. The van der Waals surface area contributed by atoms with E-state index < -0.39 is 15.7 Å². The van der Waals surface area contributed by atoms with Crippen molar-refractivity contribution in [1.29, 1.82) is 0 Å². The van der Waals surface area contributed by atoms with Crippen LogP contribution in [0.4, 0.5) is 4.39 Å². The van der Waals surface area contributed by atoms with Gasteiger partial charge in [-0.15, -0.1) is 0 Å². The molecule has 0 saturated carbocycles. The molecule has 1 aromatic rings. The van der Waals surface area contributed by atoms with Gasteiger partial charge in [-0.2, -0.15) is 11.8 Å². The van der Waals surface area contributed by atoms with Gasteiger partial charge < -0.3 is 0 Å². The van der Waals surface area contributed by atoms with Crippen molar-refractivity contribution in [3.05, 3.63) is 29.6 Å². The van der Waals surface area contributed by atoms with E-state index in [1.807, 2.05) is 6.26 Å². The van der Waals surface area contributed by atoms with Crippen LogP contribution in [0.1, 0.15) is 5.56 Å². The number of benzene rings is 1. The summed E-state index contributed by atoms with van der Waals surface area (Å²) in [5.74, 6) is 0.0952. The summed E-state index contributed by atoms with van der Waals surface area (Å²) >= 11 is 1.49. The van der Waals surface area contributed by atoms with Crippen molar-refractivity contribution in [2.45, 2.75) is 10.6 Å². The van der Waals surface area contributed by atoms with E-state index >= 15 is 0 Å². The molecule has 78 valence electrons. The first-order chi connectivity index (χ1) is 6.45. The fourth-order valence-electron chi connectivity index (χ4n) is 1.03. The molecule has 0 aromatic heterocycles. The average Bonchev–Trinajstić information content (AvgIpc) is 2.07. The van der Waals surface area contributed by atoms with Crippen molar-refractivity contribution in [2.24, 2.45) is 0 Å². The minimum atomic E-state index is -3.30. The molecule has 2 nitrogen and oxygen atoms in total. The summed E-state index contributed by atoms with van der Waals surface area (Å²) in [6, 6.07) is 4.02. The molecule has 0 fully saturated rings. The Morgan fingerprint density at radius 1 is 1.43 bits per heavy atom. The molecule has 5 heteroatoms. The molecule has 0 bridgehead atoms. The van der Waals surface area contributed by atoms with Gasteiger partial charge in [-0.3, -0.25) is 0 Å². The fourth-order valence-corrected chi connectivity index (χ4v) is 2.21. The molecule has 1 rings (SSSR count). The summed E-state index contributed by atoms with van der Waals surface area (Å²) in [4.78, 5) is 0.0276. The first-order valence-corrected chi connectivity index (χ1v) is 7.21. The van der Waals surface area contributed by atoms with Gasteiger partial charge in [-0.1, -0.05) is 6.07 Å². The standard InChI is InChI=1S/C9H11FO2S2/c1-13-6-7-3-4-8(5-9(7)10)14(2,11)12/h3-5H,6H2,1-2H3. The molecule has 0 saturated heterocycles. The molecular weight excluding hydrogens is 223 g/mol. The van der Waals surface area contributed by atoms with E-state index in [1.165, 1.54) is 23.9 Å². The lowest BCUT2D eigenvalue weighted by Crippen LogP contribution is -1.99. The smallest absolute Gasteiger partial charge is 0.175 e. The van der Waals surface area contributed by atoms with E-state index in [0.717, 1.165) is 12.3 Å². The predicted octanol–water partition coefficient (Wildman–Crippen LogP) is 2.09. The summed E-state index contributed by atoms with van der Waals surface area (Å²) in [7, 11) is -3.30. The van der Waals surface area contributed by atoms with Crippen molar-refractivity contribution in [2.75, 3.05) is 12.5 Å². The minimum Gasteiger partial charge on any atom is -0.224 e. The molecule has 0 N–H and O–H groups in total. The largest absolute Gasteiger partial charge is 0.224 e. The maximum Gasteiger partial charge on any atom is 0.175 e. The van der Waals surface area contributed by atoms with Crippen LogP contribution in [0, 0.1) is 5.82 Å². The van der Waals surface area contributed by atoms with Gasteiger partial charge in [0.05, 0.1) is 4.90 Å². The minimum absolute atomic E-state index is 0.0276. The van der Waals surface area contributed by atoms with Crippen LogP contribution in [0.25, 0.3) is 0 Å².